The van der Waals surface area contributed by atoms with E-state index < -0.39 is 0 Å². The summed E-state index contributed by atoms with van der Waals surface area (Å²) in [6.07, 6.45) is 7.36. The number of nitrogens with one attached hydrogen (secondary N) is 2. The largest absolute Gasteiger partial charge is 0.369 e. The lowest BCUT2D eigenvalue weighted by molar-refractivity contribution is -0.116. The van der Waals surface area contributed by atoms with Crippen molar-refractivity contribution in [3.05, 3.63) is 23.9 Å². The van der Waals surface area contributed by atoms with Crippen molar-refractivity contribution >= 4 is 11.7 Å². The fourth-order valence-corrected chi connectivity index (χ4v) is 1.44. The molecule has 1 amide bonds. The summed E-state index contributed by atoms with van der Waals surface area (Å²) in [5.41, 5.74) is 1.11. The number of aliphatic imine (C=N–C) groups is 1. The Morgan fingerprint density at radius 3 is 3.12 bits per heavy atom. The Morgan fingerprint density at radius 1 is 1.69 bits per heavy atom. The van der Waals surface area contributed by atoms with Crippen LogP contribution in [0.4, 0.5) is 0 Å². The van der Waals surface area contributed by atoms with Gasteiger partial charge in [-0.15, -0.1) is 0 Å². The van der Waals surface area contributed by atoms with Crippen LogP contribution >= 0.6 is 0 Å². The van der Waals surface area contributed by atoms with Gasteiger partial charge < -0.3 is 10.6 Å². The van der Waals surface area contributed by atoms with E-state index >= 15 is 0 Å². The van der Waals surface area contributed by atoms with Crippen LogP contribution in [0.2, 0.25) is 0 Å². The van der Waals surface area contributed by atoms with Gasteiger partial charge in [0.25, 0.3) is 0 Å². The molecule has 0 unspecified atom stereocenters. The Balaban J connectivity index is 2.32. The molecule has 4 heteroatoms. The van der Waals surface area contributed by atoms with Gasteiger partial charge in [0, 0.05) is 18.8 Å². The second kappa shape index (κ2) is 6.82. The standard InChI is InChI=1S/C12H19N3O/c1-3-5-10(2)8-12(16)15-9-11-13-6-4-7-14-11/h4,6,8H,3,5,7,9H2,1-2H3,(H,13,14)(H,15,16)/b10-8+. The number of hydrogen-bond acceptors (Lipinski definition) is 3. The third-order valence-corrected chi connectivity index (χ3v) is 2.21. The van der Waals surface area contributed by atoms with Crippen LogP contribution in [0.3, 0.4) is 0 Å². The Kier molecular flexibility index (Phi) is 5.32. The smallest absolute Gasteiger partial charge is 0.244 e. The zero-order valence-electron chi connectivity index (χ0n) is 9.92. The molecular formula is C12H19N3O. The molecule has 0 saturated carbocycles. The minimum absolute atomic E-state index is 0.0509. The SMILES string of the molecule is CCC/C(C)=C/C(=O)NCC1=NC=CCN1. The number of rotatable bonds is 5. The average molecular weight is 221 g/mol. The van der Waals surface area contributed by atoms with E-state index in [0.717, 1.165) is 30.8 Å². The lowest BCUT2D eigenvalue weighted by atomic mass is 10.1. The molecule has 0 radical (unpaired) electrons. The highest BCUT2D eigenvalue weighted by atomic mass is 16.1. The molecule has 2 N–H and O–H groups in total. The summed E-state index contributed by atoms with van der Waals surface area (Å²) in [5, 5.41) is 5.88. The van der Waals surface area contributed by atoms with Gasteiger partial charge in [-0.1, -0.05) is 18.9 Å². The van der Waals surface area contributed by atoms with E-state index in [4.69, 9.17) is 0 Å². The lowest BCUT2D eigenvalue weighted by Crippen LogP contribution is -2.37. The van der Waals surface area contributed by atoms with Gasteiger partial charge in [-0.05, 0) is 19.4 Å². The maximum absolute atomic E-state index is 11.5. The van der Waals surface area contributed by atoms with Gasteiger partial charge in [0.05, 0.1) is 6.54 Å². The molecule has 0 aromatic rings. The van der Waals surface area contributed by atoms with Gasteiger partial charge in [-0.3, -0.25) is 4.79 Å². The molecule has 16 heavy (non-hydrogen) atoms. The normalized spacial score (nSPS) is 15.4. The summed E-state index contributed by atoms with van der Waals surface area (Å²) in [4.78, 5) is 15.6. The number of amides is 1. The van der Waals surface area contributed by atoms with Crippen molar-refractivity contribution < 1.29 is 4.79 Å². The summed E-state index contributed by atoms with van der Waals surface area (Å²) < 4.78 is 0. The van der Waals surface area contributed by atoms with Gasteiger partial charge >= 0.3 is 0 Å². The minimum Gasteiger partial charge on any atom is -0.369 e. The first kappa shape index (κ1) is 12.5. The second-order valence-corrected chi connectivity index (χ2v) is 3.80. The third-order valence-electron chi connectivity index (χ3n) is 2.21. The van der Waals surface area contributed by atoms with Crippen molar-refractivity contribution in [1.82, 2.24) is 10.6 Å². The Labute approximate surface area is 96.5 Å². The van der Waals surface area contributed by atoms with Gasteiger partial charge in [0.2, 0.25) is 5.91 Å². The van der Waals surface area contributed by atoms with Crippen molar-refractivity contribution in [2.45, 2.75) is 26.7 Å². The number of allylic oxidation sites excluding steroid dienone is 1. The zero-order valence-corrected chi connectivity index (χ0v) is 9.92. The molecular weight excluding hydrogens is 202 g/mol. The molecule has 0 saturated heterocycles. The van der Waals surface area contributed by atoms with Crippen molar-refractivity contribution in [3.8, 4) is 0 Å². The summed E-state index contributed by atoms with van der Waals surface area (Å²) >= 11 is 0. The van der Waals surface area contributed by atoms with Gasteiger partial charge in [0.1, 0.15) is 5.84 Å². The van der Waals surface area contributed by atoms with Crippen LogP contribution < -0.4 is 10.6 Å². The van der Waals surface area contributed by atoms with Crippen molar-refractivity contribution in [2.24, 2.45) is 4.99 Å². The highest BCUT2D eigenvalue weighted by Crippen LogP contribution is 2.01. The predicted molar refractivity (Wildman–Crippen MR) is 66.3 cm³/mol. The summed E-state index contributed by atoms with van der Waals surface area (Å²) in [6, 6.07) is 0. The Hall–Kier alpha value is -1.58. The van der Waals surface area contributed by atoms with Gasteiger partial charge in [-0.2, -0.15) is 0 Å². The molecule has 1 heterocycles. The van der Waals surface area contributed by atoms with Crippen LogP contribution in [0.5, 0.6) is 0 Å². The summed E-state index contributed by atoms with van der Waals surface area (Å²) in [7, 11) is 0. The Bertz CT molecular complexity index is 329. The maximum atomic E-state index is 11.5. The molecule has 0 atom stereocenters. The van der Waals surface area contributed by atoms with Crippen LogP contribution in [0.15, 0.2) is 28.9 Å². The van der Waals surface area contributed by atoms with E-state index in [0.29, 0.717) is 6.54 Å². The predicted octanol–water partition coefficient (Wildman–Crippen LogP) is 1.36. The van der Waals surface area contributed by atoms with Gasteiger partial charge in [0.15, 0.2) is 0 Å². The van der Waals surface area contributed by atoms with E-state index in [1.165, 1.54) is 0 Å². The van der Waals surface area contributed by atoms with E-state index in [9.17, 15) is 4.79 Å². The van der Waals surface area contributed by atoms with Crippen LogP contribution in [-0.4, -0.2) is 24.8 Å². The van der Waals surface area contributed by atoms with E-state index in [1.54, 1.807) is 12.3 Å². The van der Waals surface area contributed by atoms with Crippen molar-refractivity contribution in [1.29, 1.82) is 0 Å². The van der Waals surface area contributed by atoms with E-state index in [-0.39, 0.29) is 5.91 Å². The Morgan fingerprint density at radius 2 is 2.50 bits per heavy atom. The second-order valence-electron chi connectivity index (χ2n) is 3.80. The fourth-order valence-electron chi connectivity index (χ4n) is 1.44. The molecule has 0 fully saturated rings. The maximum Gasteiger partial charge on any atom is 0.244 e. The van der Waals surface area contributed by atoms with Crippen LogP contribution in [0.25, 0.3) is 0 Å². The van der Waals surface area contributed by atoms with Crippen molar-refractivity contribution in [2.75, 3.05) is 13.1 Å². The summed E-state index contributed by atoms with van der Waals surface area (Å²) in [5.74, 6) is 0.752. The first-order valence-corrected chi connectivity index (χ1v) is 5.63. The molecule has 0 bridgehead atoms. The van der Waals surface area contributed by atoms with Crippen LogP contribution in [-0.2, 0) is 4.79 Å². The summed E-state index contributed by atoms with van der Waals surface area (Å²) in [6.45, 7) is 5.31. The van der Waals surface area contributed by atoms with E-state index in [2.05, 4.69) is 22.5 Å². The van der Waals surface area contributed by atoms with Crippen molar-refractivity contribution in [3.63, 3.8) is 0 Å². The first-order valence-electron chi connectivity index (χ1n) is 5.63. The minimum atomic E-state index is -0.0509. The van der Waals surface area contributed by atoms with Gasteiger partial charge in [-0.25, -0.2) is 4.99 Å². The highest BCUT2D eigenvalue weighted by molar-refractivity contribution is 5.93. The average Bonchev–Trinajstić information content (AvgIpc) is 2.28. The molecule has 88 valence electrons. The number of nitrogens with zero attached hydrogens (tertiary/aromatic N) is 1. The molecule has 0 aromatic heterocycles. The third kappa shape index (κ3) is 4.77. The lowest BCUT2D eigenvalue weighted by Gasteiger charge is -2.10. The highest BCUT2D eigenvalue weighted by Gasteiger charge is 2.02. The fraction of sp³-hybridized carbons (Fsp3) is 0.500. The van der Waals surface area contributed by atoms with Crippen LogP contribution in [0, 0.1) is 0 Å². The number of hydrogen-bond donors (Lipinski definition) is 2. The quantitative estimate of drug-likeness (QED) is 0.689. The molecule has 0 spiro atoms. The molecule has 4 nitrogen and oxygen atoms in total. The first-order chi connectivity index (χ1) is 7.72. The molecule has 1 aliphatic rings. The topological polar surface area (TPSA) is 53.5 Å². The van der Waals surface area contributed by atoms with Crippen LogP contribution in [0.1, 0.15) is 26.7 Å². The number of amidine groups is 1. The molecule has 1 aliphatic heterocycles. The molecule has 0 aliphatic carbocycles. The monoisotopic (exact) mass is 221 g/mol. The van der Waals surface area contributed by atoms with E-state index in [1.807, 2.05) is 13.0 Å². The number of carbonyl (C=O) groups excluding carboxylic acids is 1. The molecule has 0 aromatic carbocycles. The molecule has 1 rings (SSSR count). The number of carbonyl (C=O) groups is 1. The zero-order chi connectivity index (χ0) is 11.8.